The molecular formula is C35H28N6O9S2. The van der Waals surface area contributed by atoms with Crippen LogP contribution in [0, 0.1) is 13.8 Å². The number of amides is 2. The Balaban J connectivity index is 1.28. The Bertz CT molecular complexity index is 2530. The summed E-state index contributed by atoms with van der Waals surface area (Å²) >= 11 is 0. The molecule has 0 aromatic heterocycles. The Kier molecular flexibility index (Phi) is 9.44. The van der Waals surface area contributed by atoms with Crippen molar-refractivity contribution >= 4 is 81.9 Å². The number of phenols is 2. The van der Waals surface area contributed by atoms with Gasteiger partial charge in [0.2, 0.25) is 0 Å². The molecule has 6 aromatic carbocycles. The van der Waals surface area contributed by atoms with Gasteiger partial charge in [-0.05, 0) is 96.4 Å². The topological polar surface area (TPSA) is 240 Å². The van der Waals surface area contributed by atoms with E-state index < -0.39 is 58.9 Å². The van der Waals surface area contributed by atoms with E-state index >= 15 is 0 Å². The molecule has 0 aliphatic rings. The largest absolute Gasteiger partial charge is 0.505 e. The number of urea groups is 1. The van der Waals surface area contributed by atoms with Crippen LogP contribution in [0.15, 0.2) is 127 Å². The van der Waals surface area contributed by atoms with Gasteiger partial charge in [-0.2, -0.15) is 27.1 Å². The molecule has 0 spiro atoms. The van der Waals surface area contributed by atoms with Gasteiger partial charge in [0.25, 0.3) is 20.2 Å². The van der Waals surface area contributed by atoms with Gasteiger partial charge in [-0.3, -0.25) is 9.11 Å². The molecule has 52 heavy (non-hydrogen) atoms. The number of aromatic hydroxyl groups is 2. The van der Waals surface area contributed by atoms with Crippen molar-refractivity contribution in [3.63, 3.8) is 0 Å². The number of phenolic OH excluding ortho intramolecular Hbond substituents is 2. The highest BCUT2D eigenvalue weighted by atomic mass is 32.2. The van der Waals surface area contributed by atoms with Gasteiger partial charge in [0.05, 0.1) is 11.4 Å². The van der Waals surface area contributed by atoms with Gasteiger partial charge in [-0.1, -0.05) is 36.4 Å². The Labute approximate surface area is 296 Å². The fraction of sp³-hybridized carbons (Fsp3) is 0.0571. The third-order valence-corrected chi connectivity index (χ3v) is 9.65. The van der Waals surface area contributed by atoms with E-state index in [1.807, 2.05) is 0 Å². The van der Waals surface area contributed by atoms with Crippen LogP contribution in [0.1, 0.15) is 11.1 Å². The number of nitrogens with zero attached hydrogens (tertiary/aromatic N) is 4. The first-order valence-corrected chi connectivity index (χ1v) is 18.1. The number of carbonyl (C=O) groups is 1. The summed E-state index contributed by atoms with van der Waals surface area (Å²) in [5, 5.41) is 43.6. The Hall–Kier alpha value is -6.27. The van der Waals surface area contributed by atoms with E-state index in [0.717, 1.165) is 23.3 Å². The fourth-order valence-electron chi connectivity index (χ4n) is 5.30. The number of hydrogen-bond acceptors (Lipinski definition) is 11. The Morgan fingerprint density at radius 2 is 0.942 bits per heavy atom. The maximum absolute atomic E-state index is 13.0. The van der Waals surface area contributed by atoms with E-state index in [2.05, 4.69) is 31.1 Å². The second kappa shape index (κ2) is 13.8. The zero-order chi connectivity index (χ0) is 37.4. The monoisotopic (exact) mass is 740 g/mol. The maximum atomic E-state index is 13.0. The van der Waals surface area contributed by atoms with Gasteiger partial charge in [0, 0.05) is 22.1 Å². The average Bonchev–Trinajstić information content (AvgIpc) is 3.07. The van der Waals surface area contributed by atoms with E-state index in [9.17, 15) is 40.9 Å². The molecule has 0 bridgehead atoms. The zero-order valence-electron chi connectivity index (χ0n) is 27.2. The summed E-state index contributed by atoms with van der Waals surface area (Å²) in [6, 6.07) is 23.6. The van der Waals surface area contributed by atoms with Gasteiger partial charge in [-0.25, -0.2) is 4.79 Å². The fourth-order valence-corrected chi connectivity index (χ4v) is 6.61. The number of carbonyl (C=O) groups excluding carboxylic acids is 1. The third-order valence-electron chi connectivity index (χ3n) is 7.92. The zero-order valence-corrected chi connectivity index (χ0v) is 28.8. The highest BCUT2D eigenvalue weighted by Crippen LogP contribution is 2.43. The summed E-state index contributed by atoms with van der Waals surface area (Å²) in [5.74, 6) is -1.14. The molecule has 2 amide bonds. The lowest BCUT2D eigenvalue weighted by molar-refractivity contribution is 0.262. The van der Waals surface area contributed by atoms with Gasteiger partial charge < -0.3 is 20.8 Å². The summed E-state index contributed by atoms with van der Waals surface area (Å²) < 4.78 is 69.1. The lowest BCUT2D eigenvalue weighted by atomic mass is 10.1. The predicted molar refractivity (Wildman–Crippen MR) is 194 cm³/mol. The van der Waals surface area contributed by atoms with Crippen molar-refractivity contribution < 1.29 is 40.9 Å². The molecule has 6 rings (SSSR count). The third kappa shape index (κ3) is 7.42. The van der Waals surface area contributed by atoms with E-state index in [0.29, 0.717) is 11.4 Å². The Morgan fingerprint density at radius 1 is 0.558 bits per heavy atom. The molecule has 0 radical (unpaired) electrons. The molecule has 15 nitrogen and oxygen atoms in total. The second-order valence-electron chi connectivity index (χ2n) is 11.5. The van der Waals surface area contributed by atoms with Crippen LogP contribution in [0.3, 0.4) is 0 Å². The van der Waals surface area contributed by atoms with Crippen molar-refractivity contribution in [1.82, 2.24) is 0 Å². The van der Waals surface area contributed by atoms with Crippen molar-refractivity contribution in [2.45, 2.75) is 23.6 Å². The number of anilines is 2. The molecule has 0 aliphatic heterocycles. The summed E-state index contributed by atoms with van der Waals surface area (Å²) in [4.78, 5) is 11.6. The van der Waals surface area contributed by atoms with Crippen LogP contribution >= 0.6 is 0 Å². The van der Waals surface area contributed by atoms with Crippen LogP contribution < -0.4 is 10.6 Å². The predicted octanol–water partition coefficient (Wildman–Crippen LogP) is 8.99. The molecule has 0 unspecified atom stereocenters. The number of nitrogens with one attached hydrogen (secondary N) is 2. The van der Waals surface area contributed by atoms with Crippen molar-refractivity contribution in [1.29, 1.82) is 0 Å². The molecular weight excluding hydrogens is 713 g/mol. The first-order chi connectivity index (χ1) is 24.6. The Morgan fingerprint density at radius 3 is 1.31 bits per heavy atom. The molecule has 264 valence electrons. The van der Waals surface area contributed by atoms with Crippen LogP contribution in [0.5, 0.6) is 11.5 Å². The second-order valence-corrected chi connectivity index (χ2v) is 14.3. The molecule has 0 heterocycles. The number of rotatable bonds is 8. The summed E-state index contributed by atoms with van der Waals surface area (Å²) in [5.41, 5.74) is 1.69. The van der Waals surface area contributed by atoms with Gasteiger partial charge in [0.15, 0.2) is 11.5 Å². The van der Waals surface area contributed by atoms with Crippen LogP contribution in [-0.2, 0) is 20.2 Å². The van der Waals surface area contributed by atoms with E-state index in [-0.39, 0.29) is 32.9 Å². The molecule has 0 aliphatic carbocycles. The minimum atomic E-state index is -4.89. The highest BCUT2D eigenvalue weighted by molar-refractivity contribution is 7.86. The minimum Gasteiger partial charge on any atom is -0.505 e. The van der Waals surface area contributed by atoms with Crippen LogP contribution in [0.25, 0.3) is 21.5 Å². The lowest BCUT2D eigenvalue weighted by Crippen LogP contribution is -2.19. The maximum Gasteiger partial charge on any atom is 0.323 e. The van der Waals surface area contributed by atoms with Crippen molar-refractivity contribution in [2.24, 2.45) is 20.5 Å². The standard InChI is InChI=1S/C35H28N6O9S2/c1-19-7-3-5-9-27(19)38-40-31-29(51(45,46)47)17-21-15-23(11-13-25(21)33(31)42)36-35(44)37-24-12-14-26-22(16-24)18-30(52(48,49)50)32(34(26)43)41-39-28-10-6-4-8-20(28)2/h3-18,42-43H,1-2H3,(H2,36,37,44)(H,45,46,47)(H,48,49,50). The van der Waals surface area contributed by atoms with Gasteiger partial charge >= 0.3 is 6.03 Å². The number of fused-ring (bicyclic) bond motifs is 2. The van der Waals surface area contributed by atoms with Crippen molar-refractivity contribution in [3.8, 4) is 11.5 Å². The number of azo groups is 2. The summed E-state index contributed by atoms with van der Waals surface area (Å²) in [6.45, 7) is 3.54. The average molecular weight is 741 g/mol. The van der Waals surface area contributed by atoms with Gasteiger partial charge in [-0.15, -0.1) is 10.2 Å². The minimum absolute atomic E-state index is 0.132. The molecule has 0 saturated heterocycles. The van der Waals surface area contributed by atoms with E-state index in [1.165, 1.54) is 36.4 Å². The quantitative estimate of drug-likeness (QED) is 0.0643. The van der Waals surface area contributed by atoms with Crippen LogP contribution in [0.4, 0.5) is 38.9 Å². The summed E-state index contributed by atoms with van der Waals surface area (Å²) in [6.07, 6.45) is 0. The first-order valence-electron chi connectivity index (χ1n) is 15.2. The number of aryl methyl sites for hydroxylation is 2. The summed E-state index contributed by atoms with van der Waals surface area (Å²) in [7, 11) is -9.78. The number of benzene rings is 6. The van der Waals surface area contributed by atoms with Crippen LogP contribution in [-0.4, -0.2) is 42.2 Å². The normalized spacial score (nSPS) is 12.2. The van der Waals surface area contributed by atoms with E-state index in [4.69, 9.17) is 0 Å². The molecule has 0 fully saturated rings. The molecule has 0 saturated carbocycles. The van der Waals surface area contributed by atoms with Crippen molar-refractivity contribution in [2.75, 3.05) is 10.6 Å². The molecule has 0 atom stereocenters. The molecule has 6 aromatic rings. The van der Waals surface area contributed by atoms with Gasteiger partial charge in [0.1, 0.15) is 21.2 Å². The lowest BCUT2D eigenvalue weighted by Gasteiger charge is -2.13. The van der Waals surface area contributed by atoms with Crippen molar-refractivity contribution in [3.05, 3.63) is 108 Å². The first kappa shape index (κ1) is 35.6. The highest BCUT2D eigenvalue weighted by Gasteiger charge is 2.24. The molecule has 6 N–H and O–H groups in total. The smallest absolute Gasteiger partial charge is 0.323 e. The van der Waals surface area contributed by atoms with E-state index in [1.54, 1.807) is 62.4 Å². The molecule has 17 heteroatoms. The number of hydrogen-bond donors (Lipinski definition) is 6. The van der Waals surface area contributed by atoms with Crippen LogP contribution in [0.2, 0.25) is 0 Å². The SMILES string of the molecule is Cc1ccccc1N=Nc1c(S(=O)(=O)O)cc2cc(NC(=O)Nc3ccc4c(O)c(N=Nc5ccccc5C)c(S(=O)(=O)O)cc4c3)ccc2c1O.